The minimum absolute atomic E-state index is 0.185. The molecule has 0 bridgehead atoms. The van der Waals surface area contributed by atoms with Crippen molar-refractivity contribution in [1.82, 2.24) is 0 Å². The van der Waals surface area contributed by atoms with E-state index < -0.39 is 6.61 Å². The number of aliphatic hydroxyl groups excluding tert-OH is 1. The summed E-state index contributed by atoms with van der Waals surface area (Å²) in [6.45, 7) is -0.504. The molecule has 0 spiro atoms. The molecular formula is C11H12O4. The summed E-state index contributed by atoms with van der Waals surface area (Å²) >= 11 is 0. The van der Waals surface area contributed by atoms with Crippen molar-refractivity contribution in [3.05, 3.63) is 35.4 Å². The molecule has 0 aromatic heterocycles. The number of carbonyl (C=O) groups excluding carboxylic acids is 2. The van der Waals surface area contributed by atoms with Gasteiger partial charge in [-0.05, 0) is 5.56 Å². The molecule has 0 heterocycles. The van der Waals surface area contributed by atoms with Gasteiger partial charge in [-0.15, -0.1) is 0 Å². The number of carbonyl (C=O) groups is 2. The molecule has 0 saturated carbocycles. The summed E-state index contributed by atoms with van der Waals surface area (Å²) in [5.41, 5.74) is 1.21. The van der Waals surface area contributed by atoms with Crippen molar-refractivity contribution in [2.75, 3.05) is 13.7 Å². The van der Waals surface area contributed by atoms with Gasteiger partial charge in [0.1, 0.15) is 6.61 Å². The maximum absolute atomic E-state index is 11.1. The van der Waals surface area contributed by atoms with Crippen molar-refractivity contribution in [3.8, 4) is 0 Å². The number of Topliss-reactive ketones (excluding diaryl/α,β-unsaturated/α-hetero) is 1. The average Bonchev–Trinajstić information content (AvgIpc) is 2.29. The largest absolute Gasteiger partial charge is 0.469 e. The fraction of sp³-hybridized carbons (Fsp3) is 0.273. The minimum Gasteiger partial charge on any atom is -0.469 e. The van der Waals surface area contributed by atoms with Crippen LogP contribution >= 0.6 is 0 Å². The third-order valence-electron chi connectivity index (χ3n) is 2.00. The second-order valence-corrected chi connectivity index (χ2v) is 3.03. The quantitative estimate of drug-likeness (QED) is 0.580. The van der Waals surface area contributed by atoms with Gasteiger partial charge in [-0.3, -0.25) is 9.59 Å². The standard InChI is InChI=1S/C11H12O4/c1-15-11(14)6-8-2-4-9(5-3-8)10(13)7-12/h2-5,12H,6-7H2,1H3. The van der Waals surface area contributed by atoms with Gasteiger partial charge in [-0.25, -0.2) is 0 Å². The summed E-state index contributed by atoms with van der Waals surface area (Å²) in [6, 6.07) is 6.49. The minimum atomic E-state index is -0.504. The van der Waals surface area contributed by atoms with Gasteiger partial charge in [0.05, 0.1) is 13.5 Å². The molecule has 0 atom stereocenters. The molecule has 0 saturated heterocycles. The number of hydrogen-bond acceptors (Lipinski definition) is 4. The van der Waals surface area contributed by atoms with Gasteiger partial charge in [0, 0.05) is 5.56 Å². The third-order valence-corrected chi connectivity index (χ3v) is 2.00. The van der Waals surface area contributed by atoms with Gasteiger partial charge in [-0.1, -0.05) is 24.3 Å². The van der Waals surface area contributed by atoms with Crippen LogP contribution in [0.3, 0.4) is 0 Å². The molecule has 80 valence electrons. The van der Waals surface area contributed by atoms with Gasteiger partial charge in [0.25, 0.3) is 0 Å². The zero-order chi connectivity index (χ0) is 11.3. The molecule has 0 aliphatic carbocycles. The van der Waals surface area contributed by atoms with Crippen LogP contribution < -0.4 is 0 Å². The number of benzene rings is 1. The molecule has 0 radical (unpaired) electrons. The van der Waals surface area contributed by atoms with Crippen LogP contribution in [-0.4, -0.2) is 30.6 Å². The highest BCUT2D eigenvalue weighted by Gasteiger charge is 2.05. The Morgan fingerprint density at radius 3 is 2.33 bits per heavy atom. The monoisotopic (exact) mass is 208 g/mol. The molecule has 0 aliphatic rings. The molecule has 0 amide bonds. The summed E-state index contributed by atoms with van der Waals surface area (Å²) in [5.74, 6) is -0.657. The van der Waals surface area contributed by atoms with Gasteiger partial charge >= 0.3 is 5.97 Å². The number of esters is 1. The van der Waals surface area contributed by atoms with E-state index in [1.54, 1.807) is 24.3 Å². The van der Waals surface area contributed by atoms with E-state index in [1.807, 2.05) is 0 Å². The zero-order valence-electron chi connectivity index (χ0n) is 8.40. The van der Waals surface area contributed by atoms with E-state index in [2.05, 4.69) is 4.74 Å². The molecule has 15 heavy (non-hydrogen) atoms. The lowest BCUT2D eigenvalue weighted by atomic mass is 10.1. The Morgan fingerprint density at radius 2 is 1.87 bits per heavy atom. The van der Waals surface area contributed by atoms with Crippen LogP contribution in [0.2, 0.25) is 0 Å². The normalized spacial score (nSPS) is 9.73. The zero-order valence-corrected chi connectivity index (χ0v) is 8.40. The van der Waals surface area contributed by atoms with Crippen molar-refractivity contribution in [1.29, 1.82) is 0 Å². The van der Waals surface area contributed by atoms with Gasteiger partial charge in [-0.2, -0.15) is 0 Å². The predicted molar refractivity (Wildman–Crippen MR) is 53.6 cm³/mol. The molecule has 4 heteroatoms. The second-order valence-electron chi connectivity index (χ2n) is 3.03. The van der Waals surface area contributed by atoms with Crippen LogP contribution in [0.1, 0.15) is 15.9 Å². The molecular weight excluding hydrogens is 196 g/mol. The maximum Gasteiger partial charge on any atom is 0.309 e. The molecule has 0 aliphatic heterocycles. The average molecular weight is 208 g/mol. The maximum atomic E-state index is 11.1. The van der Waals surface area contributed by atoms with Crippen molar-refractivity contribution in [3.63, 3.8) is 0 Å². The predicted octanol–water partition coefficient (Wildman–Crippen LogP) is 0.577. The SMILES string of the molecule is COC(=O)Cc1ccc(C(=O)CO)cc1. The van der Waals surface area contributed by atoms with E-state index >= 15 is 0 Å². The molecule has 1 rings (SSSR count). The highest BCUT2D eigenvalue weighted by molar-refractivity contribution is 5.96. The Balaban J connectivity index is 2.72. The van der Waals surface area contributed by atoms with E-state index in [0.717, 1.165) is 5.56 Å². The van der Waals surface area contributed by atoms with Crippen LogP contribution in [0.5, 0.6) is 0 Å². The lowest BCUT2D eigenvalue weighted by Gasteiger charge is -2.01. The highest BCUT2D eigenvalue weighted by atomic mass is 16.5. The molecule has 1 N–H and O–H groups in total. The smallest absolute Gasteiger partial charge is 0.309 e. The van der Waals surface area contributed by atoms with Crippen LogP contribution in [0.4, 0.5) is 0 Å². The van der Waals surface area contributed by atoms with Gasteiger partial charge in [0.15, 0.2) is 5.78 Å². The number of rotatable bonds is 4. The van der Waals surface area contributed by atoms with Gasteiger partial charge in [0.2, 0.25) is 0 Å². The Morgan fingerprint density at radius 1 is 1.27 bits per heavy atom. The van der Waals surface area contributed by atoms with Crippen LogP contribution in [-0.2, 0) is 16.0 Å². The van der Waals surface area contributed by atoms with Crippen molar-refractivity contribution < 1.29 is 19.4 Å². The Hall–Kier alpha value is -1.68. The van der Waals surface area contributed by atoms with Crippen LogP contribution in [0.15, 0.2) is 24.3 Å². The Bertz CT molecular complexity index is 353. The van der Waals surface area contributed by atoms with Crippen molar-refractivity contribution >= 4 is 11.8 Å². The topological polar surface area (TPSA) is 63.6 Å². The first-order chi connectivity index (χ1) is 7.17. The van der Waals surface area contributed by atoms with Crippen molar-refractivity contribution in [2.45, 2.75) is 6.42 Å². The fourth-order valence-electron chi connectivity index (χ4n) is 1.14. The van der Waals surface area contributed by atoms with Gasteiger partial charge < -0.3 is 9.84 Å². The second kappa shape index (κ2) is 5.26. The van der Waals surface area contributed by atoms with E-state index in [4.69, 9.17) is 5.11 Å². The van der Waals surface area contributed by atoms with Crippen LogP contribution in [0, 0.1) is 0 Å². The van der Waals surface area contributed by atoms with E-state index in [1.165, 1.54) is 7.11 Å². The fourth-order valence-corrected chi connectivity index (χ4v) is 1.14. The molecule has 0 unspecified atom stereocenters. The summed E-state index contributed by atoms with van der Waals surface area (Å²) in [7, 11) is 1.33. The summed E-state index contributed by atoms with van der Waals surface area (Å²) in [4.78, 5) is 22.0. The molecule has 1 aromatic rings. The van der Waals surface area contributed by atoms with Crippen LogP contribution in [0.25, 0.3) is 0 Å². The third kappa shape index (κ3) is 3.18. The van der Waals surface area contributed by atoms with E-state index in [-0.39, 0.29) is 18.2 Å². The Labute approximate surface area is 87.5 Å². The first kappa shape index (κ1) is 11.4. The summed E-state index contributed by atoms with van der Waals surface area (Å²) in [6.07, 6.45) is 0.185. The van der Waals surface area contributed by atoms with E-state index in [9.17, 15) is 9.59 Å². The number of ketones is 1. The number of aliphatic hydroxyl groups is 1. The number of hydrogen-bond donors (Lipinski definition) is 1. The lowest BCUT2D eigenvalue weighted by Crippen LogP contribution is -2.06. The number of ether oxygens (including phenoxy) is 1. The first-order valence-electron chi connectivity index (χ1n) is 4.47. The Kier molecular flexibility index (Phi) is 4.00. The molecule has 0 fully saturated rings. The van der Waals surface area contributed by atoms with E-state index in [0.29, 0.717) is 5.56 Å². The lowest BCUT2D eigenvalue weighted by molar-refractivity contribution is -0.139. The van der Waals surface area contributed by atoms with Crippen molar-refractivity contribution in [2.24, 2.45) is 0 Å². The molecule has 1 aromatic carbocycles. The first-order valence-corrected chi connectivity index (χ1v) is 4.47. The summed E-state index contributed by atoms with van der Waals surface area (Å²) < 4.78 is 4.51. The number of methoxy groups -OCH3 is 1. The summed E-state index contributed by atoms with van der Waals surface area (Å²) in [5, 5.41) is 8.62. The highest BCUT2D eigenvalue weighted by Crippen LogP contribution is 2.06. The molecule has 4 nitrogen and oxygen atoms in total.